The van der Waals surface area contributed by atoms with Gasteiger partial charge in [0, 0.05) is 11.8 Å². The van der Waals surface area contributed by atoms with Crippen molar-refractivity contribution in [1.82, 2.24) is 5.32 Å². The minimum Gasteiger partial charge on any atom is -0.449 e. The van der Waals surface area contributed by atoms with Crippen LogP contribution in [-0.2, 0) is 5.75 Å². The zero-order chi connectivity index (χ0) is 9.68. The number of nitrogens with one attached hydrogen (secondary N) is 1. The summed E-state index contributed by atoms with van der Waals surface area (Å²) in [5, 5.41) is 3.65. The number of rotatable bonds is 5. The summed E-state index contributed by atoms with van der Waals surface area (Å²) in [6.07, 6.45) is 0. The third-order valence-electron chi connectivity index (χ3n) is 1.73. The highest BCUT2D eigenvalue weighted by Crippen LogP contribution is 2.18. The molecule has 74 valence electrons. The third kappa shape index (κ3) is 4.07. The van der Waals surface area contributed by atoms with Crippen molar-refractivity contribution in [2.24, 2.45) is 0 Å². The highest BCUT2D eigenvalue weighted by molar-refractivity contribution is 7.98. The van der Waals surface area contributed by atoms with Gasteiger partial charge in [-0.15, -0.1) is 0 Å². The topological polar surface area (TPSA) is 25.2 Å². The van der Waals surface area contributed by atoms with E-state index in [-0.39, 0.29) is 0 Å². The lowest BCUT2D eigenvalue weighted by Gasteiger charge is -2.07. The molecule has 0 aliphatic heterocycles. The maximum absolute atomic E-state index is 5.64. The molecule has 4 heteroatoms. The van der Waals surface area contributed by atoms with E-state index in [0.29, 0.717) is 11.3 Å². The van der Waals surface area contributed by atoms with Gasteiger partial charge in [0.15, 0.2) is 5.22 Å². The van der Waals surface area contributed by atoms with Crippen LogP contribution in [0.15, 0.2) is 16.5 Å². The number of furan rings is 1. The smallest absolute Gasteiger partial charge is 0.193 e. The Morgan fingerprint density at radius 1 is 1.62 bits per heavy atom. The van der Waals surface area contributed by atoms with E-state index < -0.39 is 0 Å². The van der Waals surface area contributed by atoms with Crippen molar-refractivity contribution in [2.75, 3.05) is 12.8 Å². The Bertz CT molecular complexity index is 252. The van der Waals surface area contributed by atoms with Gasteiger partial charge in [-0.2, -0.15) is 11.8 Å². The molecule has 13 heavy (non-hydrogen) atoms. The second-order valence-corrected chi connectivity index (χ2v) is 4.31. The molecule has 0 aliphatic rings. The standard InChI is InChI=1S/C9H14ClNOS/c1-7(11-2)5-13-6-8-3-4-9(10)12-8/h3-4,7,11H,5-6H2,1-2H3. The molecule has 1 unspecified atom stereocenters. The Morgan fingerprint density at radius 3 is 2.92 bits per heavy atom. The van der Waals surface area contributed by atoms with Gasteiger partial charge in [-0.1, -0.05) is 0 Å². The van der Waals surface area contributed by atoms with Crippen LogP contribution >= 0.6 is 23.4 Å². The summed E-state index contributed by atoms with van der Waals surface area (Å²) >= 11 is 7.48. The van der Waals surface area contributed by atoms with Crippen LogP contribution in [0, 0.1) is 0 Å². The van der Waals surface area contributed by atoms with Crippen molar-refractivity contribution in [2.45, 2.75) is 18.7 Å². The molecule has 0 radical (unpaired) electrons. The molecular formula is C9H14ClNOS. The summed E-state index contributed by atoms with van der Waals surface area (Å²) in [4.78, 5) is 0. The first-order chi connectivity index (χ1) is 6.22. The summed E-state index contributed by atoms with van der Waals surface area (Å²) in [6.45, 7) is 2.15. The predicted molar refractivity (Wildman–Crippen MR) is 58.4 cm³/mol. The van der Waals surface area contributed by atoms with E-state index in [1.54, 1.807) is 6.07 Å². The molecule has 0 bridgehead atoms. The maximum Gasteiger partial charge on any atom is 0.193 e. The van der Waals surface area contributed by atoms with Crippen LogP contribution in [0.5, 0.6) is 0 Å². The first-order valence-electron chi connectivity index (χ1n) is 4.21. The first kappa shape index (κ1) is 11.0. The van der Waals surface area contributed by atoms with Gasteiger partial charge in [-0.3, -0.25) is 0 Å². The SMILES string of the molecule is CNC(C)CSCc1ccc(Cl)o1. The van der Waals surface area contributed by atoms with Gasteiger partial charge in [0.05, 0.1) is 5.75 Å². The van der Waals surface area contributed by atoms with Crippen LogP contribution < -0.4 is 5.32 Å². The maximum atomic E-state index is 5.64. The molecule has 0 amide bonds. The van der Waals surface area contributed by atoms with Crippen LogP contribution in [-0.4, -0.2) is 18.8 Å². The monoisotopic (exact) mass is 219 g/mol. The van der Waals surface area contributed by atoms with E-state index >= 15 is 0 Å². The van der Waals surface area contributed by atoms with Crippen LogP contribution in [0.25, 0.3) is 0 Å². The van der Waals surface area contributed by atoms with Gasteiger partial charge in [0.2, 0.25) is 0 Å². The molecule has 0 aromatic carbocycles. The Labute approximate surface area is 88.0 Å². The van der Waals surface area contributed by atoms with Crippen molar-refractivity contribution in [3.8, 4) is 0 Å². The lowest BCUT2D eigenvalue weighted by Crippen LogP contribution is -2.23. The lowest BCUT2D eigenvalue weighted by molar-refractivity contribution is 0.532. The molecular weight excluding hydrogens is 206 g/mol. The summed E-state index contributed by atoms with van der Waals surface area (Å²) in [5.74, 6) is 2.91. The Balaban J connectivity index is 2.20. The molecule has 1 aromatic rings. The number of halogens is 1. The number of hydrogen-bond acceptors (Lipinski definition) is 3. The second kappa shape index (κ2) is 5.58. The minimum absolute atomic E-state index is 0.470. The predicted octanol–water partition coefficient (Wildman–Crippen LogP) is 2.77. The van der Waals surface area contributed by atoms with Crippen LogP contribution in [0.3, 0.4) is 0 Å². The minimum atomic E-state index is 0.470. The second-order valence-electron chi connectivity index (χ2n) is 2.91. The summed E-state index contributed by atoms with van der Waals surface area (Å²) < 4.78 is 5.22. The van der Waals surface area contributed by atoms with Crippen molar-refractivity contribution in [3.05, 3.63) is 23.1 Å². The molecule has 0 fully saturated rings. The molecule has 1 rings (SSSR count). The average molecular weight is 220 g/mol. The van der Waals surface area contributed by atoms with E-state index in [1.165, 1.54) is 0 Å². The van der Waals surface area contributed by atoms with Gasteiger partial charge in [0.25, 0.3) is 0 Å². The summed E-state index contributed by atoms with van der Waals surface area (Å²) in [6, 6.07) is 4.23. The van der Waals surface area contributed by atoms with E-state index in [4.69, 9.17) is 16.0 Å². The quantitative estimate of drug-likeness (QED) is 0.825. The number of thioether (sulfide) groups is 1. The Kier molecular flexibility index (Phi) is 4.70. The summed E-state index contributed by atoms with van der Waals surface area (Å²) in [7, 11) is 1.97. The van der Waals surface area contributed by atoms with Crippen LogP contribution in [0.4, 0.5) is 0 Å². The zero-order valence-electron chi connectivity index (χ0n) is 7.84. The molecule has 1 atom stereocenters. The zero-order valence-corrected chi connectivity index (χ0v) is 9.41. The molecule has 0 saturated heterocycles. The van der Waals surface area contributed by atoms with Crippen LogP contribution in [0.2, 0.25) is 5.22 Å². The van der Waals surface area contributed by atoms with Gasteiger partial charge in [-0.25, -0.2) is 0 Å². The highest BCUT2D eigenvalue weighted by Gasteiger charge is 2.02. The van der Waals surface area contributed by atoms with Crippen molar-refractivity contribution in [3.63, 3.8) is 0 Å². The highest BCUT2D eigenvalue weighted by atomic mass is 35.5. The van der Waals surface area contributed by atoms with E-state index in [2.05, 4.69) is 12.2 Å². The molecule has 1 N–H and O–H groups in total. The van der Waals surface area contributed by atoms with Gasteiger partial charge in [-0.05, 0) is 37.7 Å². The Hall–Kier alpha value is -0.120. The largest absolute Gasteiger partial charge is 0.449 e. The molecule has 0 aliphatic carbocycles. The van der Waals surface area contributed by atoms with E-state index in [0.717, 1.165) is 17.3 Å². The fourth-order valence-electron chi connectivity index (χ4n) is 0.849. The van der Waals surface area contributed by atoms with Crippen molar-refractivity contribution in [1.29, 1.82) is 0 Å². The number of hydrogen-bond donors (Lipinski definition) is 1. The van der Waals surface area contributed by atoms with Crippen molar-refractivity contribution >= 4 is 23.4 Å². The molecule has 0 saturated carbocycles. The van der Waals surface area contributed by atoms with Crippen LogP contribution in [0.1, 0.15) is 12.7 Å². The fourth-order valence-corrected chi connectivity index (χ4v) is 2.01. The molecule has 0 spiro atoms. The van der Waals surface area contributed by atoms with Gasteiger partial charge >= 0.3 is 0 Å². The normalized spacial score (nSPS) is 13.2. The van der Waals surface area contributed by atoms with Gasteiger partial charge < -0.3 is 9.73 Å². The molecule has 2 nitrogen and oxygen atoms in total. The summed E-state index contributed by atoms with van der Waals surface area (Å²) in [5.41, 5.74) is 0. The third-order valence-corrected chi connectivity index (χ3v) is 3.16. The molecule has 1 heterocycles. The average Bonchev–Trinajstić information content (AvgIpc) is 2.51. The fraction of sp³-hybridized carbons (Fsp3) is 0.556. The van der Waals surface area contributed by atoms with E-state index in [1.807, 2.05) is 24.9 Å². The van der Waals surface area contributed by atoms with E-state index in [9.17, 15) is 0 Å². The Morgan fingerprint density at radius 2 is 2.38 bits per heavy atom. The molecule has 1 aromatic heterocycles. The van der Waals surface area contributed by atoms with Crippen molar-refractivity contribution < 1.29 is 4.42 Å². The first-order valence-corrected chi connectivity index (χ1v) is 5.75. The lowest BCUT2D eigenvalue weighted by atomic mass is 10.4. The van der Waals surface area contributed by atoms with Gasteiger partial charge in [0.1, 0.15) is 5.76 Å².